The number of esters is 1. The van der Waals surface area contributed by atoms with E-state index in [0.717, 1.165) is 12.1 Å². The molecule has 3 atom stereocenters. The zero-order valence-electron chi connectivity index (χ0n) is 19.9. The van der Waals surface area contributed by atoms with E-state index >= 15 is 0 Å². The van der Waals surface area contributed by atoms with Crippen LogP contribution in [0.25, 0.3) is 0 Å². The number of nitrogens with zero attached hydrogens (tertiary/aromatic N) is 1. The number of ether oxygens (including phenoxy) is 1. The van der Waals surface area contributed by atoms with Gasteiger partial charge >= 0.3 is 5.97 Å². The van der Waals surface area contributed by atoms with Gasteiger partial charge in [0.2, 0.25) is 0 Å². The van der Waals surface area contributed by atoms with Crippen LogP contribution in [0.4, 0.5) is 0 Å². The molecule has 3 unspecified atom stereocenters. The number of carbonyl (C=O) groups is 1. The first-order valence-corrected chi connectivity index (χ1v) is 11.4. The summed E-state index contributed by atoms with van der Waals surface area (Å²) in [5.41, 5.74) is 3.03. The minimum absolute atomic E-state index is 0.103. The SMILES string of the molecule is CC(C(=O)OC(C)(C)C)C(c1ccccc1)N(Cc1ccccc1)C(C)c1ccccc1. The van der Waals surface area contributed by atoms with E-state index in [1.807, 2.05) is 58.0 Å². The molecular weight excluding hydrogens is 394 g/mol. The van der Waals surface area contributed by atoms with Crippen LogP contribution in [0.2, 0.25) is 0 Å². The van der Waals surface area contributed by atoms with Crippen molar-refractivity contribution in [2.75, 3.05) is 0 Å². The summed E-state index contributed by atoms with van der Waals surface area (Å²) in [6.45, 7) is 10.7. The van der Waals surface area contributed by atoms with Crippen molar-refractivity contribution in [2.45, 2.75) is 58.8 Å². The molecule has 32 heavy (non-hydrogen) atoms. The molecule has 0 fully saturated rings. The molecule has 0 saturated heterocycles. The molecule has 0 aromatic heterocycles. The molecule has 0 aliphatic rings. The van der Waals surface area contributed by atoms with Gasteiger partial charge in [0.15, 0.2) is 0 Å². The number of benzene rings is 3. The zero-order chi connectivity index (χ0) is 23.1. The van der Waals surface area contributed by atoms with Gasteiger partial charge in [-0.2, -0.15) is 0 Å². The Morgan fingerprint density at radius 2 is 1.25 bits per heavy atom. The fourth-order valence-electron chi connectivity index (χ4n) is 4.13. The van der Waals surface area contributed by atoms with E-state index in [-0.39, 0.29) is 24.0 Å². The summed E-state index contributed by atoms with van der Waals surface area (Å²) in [5.74, 6) is -0.517. The summed E-state index contributed by atoms with van der Waals surface area (Å²) in [6.07, 6.45) is 0. The van der Waals surface area contributed by atoms with E-state index in [0.29, 0.717) is 0 Å². The molecule has 0 spiro atoms. The molecule has 3 aromatic rings. The monoisotopic (exact) mass is 429 g/mol. The summed E-state index contributed by atoms with van der Waals surface area (Å²) < 4.78 is 5.82. The highest BCUT2D eigenvalue weighted by atomic mass is 16.6. The van der Waals surface area contributed by atoms with E-state index < -0.39 is 5.60 Å². The molecule has 0 heterocycles. The Bertz CT molecular complexity index is 964. The van der Waals surface area contributed by atoms with Gasteiger partial charge in [-0.15, -0.1) is 0 Å². The highest BCUT2D eigenvalue weighted by Gasteiger charge is 2.36. The van der Waals surface area contributed by atoms with E-state index in [9.17, 15) is 4.79 Å². The van der Waals surface area contributed by atoms with Crippen LogP contribution < -0.4 is 0 Å². The molecular formula is C29H35NO2. The third-order valence-corrected chi connectivity index (χ3v) is 5.74. The van der Waals surface area contributed by atoms with Gasteiger partial charge in [0, 0.05) is 18.6 Å². The third kappa shape index (κ3) is 6.30. The second kappa shape index (κ2) is 10.6. The van der Waals surface area contributed by atoms with Crippen LogP contribution in [0.15, 0.2) is 91.0 Å². The molecule has 3 nitrogen and oxygen atoms in total. The summed E-state index contributed by atoms with van der Waals surface area (Å²) in [7, 11) is 0. The van der Waals surface area contributed by atoms with Crippen LogP contribution in [-0.2, 0) is 16.1 Å². The largest absolute Gasteiger partial charge is 0.460 e. The first kappa shape index (κ1) is 23.7. The molecule has 0 saturated carbocycles. The van der Waals surface area contributed by atoms with E-state index in [1.165, 1.54) is 11.1 Å². The van der Waals surface area contributed by atoms with Gasteiger partial charge in [-0.05, 0) is 44.4 Å². The number of hydrogen-bond acceptors (Lipinski definition) is 3. The van der Waals surface area contributed by atoms with Crippen molar-refractivity contribution in [3.05, 3.63) is 108 Å². The normalized spacial score (nSPS) is 14.6. The second-order valence-electron chi connectivity index (χ2n) is 9.42. The molecule has 0 aliphatic carbocycles. The van der Waals surface area contributed by atoms with Gasteiger partial charge in [-0.1, -0.05) is 97.9 Å². The molecule has 0 bridgehead atoms. The maximum atomic E-state index is 13.2. The van der Waals surface area contributed by atoms with Crippen LogP contribution in [-0.4, -0.2) is 16.5 Å². The fourth-order valence-corrected chi connectivity index (χ4v) is 4.13. The first-order chi connectivity index (χ1) is 15.3. The van der Waals surface area contributed by atoms with Crippen LogP contribution in [0.1, 0.15) is 63.4 Å². The van der Waals surface area contributed by atoms with Gasteiger partial charge in [0.05, 0.1) is 5.92 Å². The van der Waals surface area contributed by atoms with Crippen LogP contribution >= 0.6 is 0 Å². The minimum atomic E-state index is -0.526. The van der Waals surface area contributed by atoms with Crippen molar-refractivity contribution in [3.63, 3.8) is 0 Å². The standard InChI is InChI=1S/C29H35NO2/c1-22(28(31)32-29(3,4)5)27(26-19-13-8-14-20-26)30(21-24-15-9-6-10-16-24)23(2)25-17-11-7-12-18-25/h6-20,22-23,27H,21H2,1-5H3. The smallest absolute Gasteiger partial charge is 0.311 e. The number of hydrogen-bond donors (Lipinski definition) is 0. The Balaban J connectivity index is 2.06. The topological polar surface area (TPSA) is 29.5 Å². The quantitative estimate of drug-likeness (QED) is 0.362. The lowest BCUT2D eigenvalue weighted by molar-refractivity contribution is -0.162. The van der Waals surface area contributed by atoms with Gasteiger partial charge in [0.25, 0.3) is 0 Å². The predicted molar refractivity (Wildman–Crippen MR) is 131 cm³/mol. The lowest BCUT2D eigenvalue weighted by Crippen LogP contribution is -2.39. The first-order valence-electron chi connectivity index (χ1n) is 11.4. The maximum absolute atomic E-state index is 13.2. The van der Waals surface area contributed by atoms with Crippen molar-refractivity contribution in [2.24, 2.45) is 5.92 Å². The predicted octanol–water partition coefficient (Wildman–Crippen LogP) is 6.97. The van der Waals surface area contributed by atoms with Gasteiger partial charge in [0.1, 0.15) is 5.60 Å². The third-order valence-electron chi connectivity index (χ3n) is 5.74. The van der Waals surface area contributed by atoms with Gasteiger partial charge in [-0.25, -0.2) is 0 Å². The van der Waals surface area contributed by atoms with Crippen molar-refractivity contribution >= 4 is 5.97 Å². The Morgan fingerprint density at radius 3 is 1.75 bits per heavy atom. The Morgan fingerprint density at radius 1 is 0.781 bits per heavy atom. The molecule has 0 N–H and O–H groups in total. The van der Waals surface area contributed by atoms with Crippen LogP contribution in [0.5, 0.6) is 0 Å². The molecule has 0 amide bonds. The summed E-state index contributed by atoms with van der Waals surface area (Å²) in [6, 6.07) is 31.2. The number of carbonyl (C=O) groups excluding carboxylic acids is 1. The van der Waals surface area contributed by atoms with Crippen molar-refractivity contribution in [1.82, 2.24) is 4.90 Å². The Kier molecular flexibility index (Phi) is 7.87. The number of rotatable bonds is 8. The van der Waals surface area contributed by atoms with E-state index in [2.05, 4.69) is 72.5 Å². The summed E-state index contributed by atoms with van der Waals surface area (Å²) >= 11 is 0. The van der Waals surface area contributed by atoms with Crippen LogP contribution in [0.3, 0.4) is 0 Å². The average molecular weight is 430 g/mol. The molecule has 168 valence electrons. The lowest BCUT2D eigenvalue weighted by Gasteiger charge is -2.40. The zero-order valence-corrected chi connectivity index (χ0v) is 19.9. The summed E-state index contributed by atoms with van der Waals surface area (Å²) in [5, 5.41) is 0. The average Bonchev–Trinajstić information content (AvgIpc) is 2.79. The Hall–Kier alpha value is -2.91. The van der Waals surface area contributed by atoms with Crippen molar-refractivity contribution in [1.29, 1.82) is 0 Å². The highest BCUT2D eigenvalue weighted by Crippen LogP contribution is 2.38. The maximum Gasteiger partial charge on any atom is 0.311 e. The highest BCUT2D eigenvalue weighted by molar-refractivity contribution is 5.73. The van der Waals surface area contributed by atoms with Gasteiger partial charge in [-0.3, -0.25) is 9.69 Å². The molecule has 3 aromatic carbocycles. The van der Waals surface area contributed by atoms with Crippen molar-refractivity contribution < 1.29 is 9.53 Å². The van der Waals surface area contributed by atoms with E-state index in [4.69, 9.17) is 4.74 Å². The van der Waals surface area contributed by atoms with Gasteiger partial charge < -0.3 is 4.74 Å². The minimum Gasteiger partial charge on any atom is -0.460 e. The van der Waals surface area contributed by atoms with E-state index in [1.54, 1.807) is 0 Å². The summed E-state index contributed by atoms with van der Waals surface area (Å²) in [4.78, 5) is 15.7. The van der Waals surface area contributed by atoms with Crippen molar-refractivity contribution in [3.8, 4) is 0 Å². The molecule has 0 aliphatic heterocycles. The molecule has 0 radical (unpaired) electrons. The van der Waals surface area contributed by atoms with Crippen LogP contribution in [0, 0.1) is 5.92 Å². The Labute approximate surface area is 193 Å². The molecule has 3 heteroatoms. The molecule has 3 rings (SSSR count). The fraction of sp³-hybridized carbons (Fsp3) is 0.345. The lowest BCUT2D eigenvalue weighted by atomic mass is 9.90. The second-order valence-corrected chi connectivity index (χ2v) is 9.42.